The number of anilines is 1. The lowest BCUT2D eigenvalue weighted by Gasteiger charge is -2.15. The zero-order valence-corrected chi connectivity index (χ0v) is 15.0. The minimum absolute atomic E-state index is 0.353. The number of rotatable bonds is 6. The lowest BCUT2D eigenvalue weighted by atomic mass is 10.1. The fourth-order valence-electron chi connectivity index (χ4n) is 2.27. The second kappa shape index (κ2) is 8.33. The van der Waals surface area contributed by atoms with Crippen molar-refractivity contribution in [2.24, 2.45) is 0 Å². The molecule has 1 atom stereocenters. The van der Waals surface area contributed by atoms with E-state index in [0.717, 1.165) is 16.7 Å². The molecule has 0 saturated heterocycles. The number of hydrogen-bond donors (Lipinski definition) is 1. The number of carbonyl (C=O) groups is 2. The molecular weight excluding hydrogens is 318 g/mol. The molecular formula is C20H23NO4. The van der Waals surface area contributed by atoms with Gasteiger partial charge in [0.2, 0.25) is 0 Å². The monoisotopic (exact) mass is 341 g/mol. The van der Waals surface area contributed by atoms with E-state index in [1.807, 2.05) is 57.2 Å². The van der Waals surface area contributed by atoms with Crippen LogP contribution in [0, 0.1) is 20.8 Å². The van der Waals surface area contributed by atoms with Crippen LogP contribution < -0.4 is 10.1 Å². The molecule has 0 radical (unpaired) electrons. The van der Waals surface area contributed by atoms with Gasteiger partial charge in [0.15, 0.2) is 12.7 Å². The highest BCUT2D eigenvalue weighted by Gasteiger charge is 2.18. The third-order valence-corrected chi connectivity index (χ3v) is 3.86. The first kappa shape index (κ1) is 18.5. The standard InChI is InChI=1S/C20H23NO4/c1-13-7-5-9-17(11-13)25-16(4)20(23)24-12-19(22)21-18-10-6-8-14(2)15(18)3/h5-11,16H,12H2,1-4H3,(H,21,22)/t16-/m0/s1. The van der Waals surface area contributed by atoms with Crippen molar-refractivity contribution in [2.75, 3.05) is 11.9 Å². The molecule has 0 unspecified atom stereocenters. The minimum Gasteiger partial charge on any atom is -0.479 e. The van der Waals surface area contributed by atoms with Gasteiger partial charge in [-0.15, -0.1) is 0 Å². The van der Waals surface area contributed by atoms with Crippen molar-refractivity contribution in [3.8, 4) is 5.75 Å². The number of nitrogens with one attached hydrogen (secondary N) is 1. The zero-order chi connectivity index (χ0) is 18.4. The number of hydrogen-bond acceptors (Lipinski definition) is 4. The van der Waals surface area contributed by atoms with Crippen molar-refractivity contribution in [3.63, 3.8) is 0 Å². The predicted molar refractivity (Wildman–Crippen MR) is 96.8 cm³/mol. The Balaban J connectivity index is 1.84. The Morgan fingerprint density at radius 1 is 1.08 bits per heavy atom. The number of aryl methyl sites for hydroxylation is 2. The van der Waals surface area contributed by atoms with E-state index in [9.17, 15) is 9.59 Å². The number of ether oxygens (including phenoxy) is 2. The molecule has 5 heteroatoms. The van der Waals surface area contributed by atoms with Gasteiger partial charge < -0.3 is 14.8 Å². The summed E-state index contributed by atoms with van der Waals surface area (Å²) in [6.07, 6.45) is -0.796. The Morgan fingerprint density at radius 3 is 2.52 bits per heavy atom. The van der Waals surface area contributed by atoms with Gasteiger partial charge in [0.05, 0.1) is 0 Å². The average Bonchev–Trinajstić information content (AvgIpc) is 2.57. The molecule has 132 valence electrons. The third kappa shape index (κ3) is 5.35. The van der Waals surface area contributed by atoms with E-state index in [1.54, 1.807) is 13.0 Å². The summed E-state index contributed by atoms with van der Waals surface area (Å²) in [7, 11) is 0. The molecule has 2 aromatic rings. The van der Waals surface area contributed by atoms with Crippen molar-refractivity contribution in [1.82, 2.24) is 0 Å². The maximum Gasteiger partial charge on any atom is 0.347 e. The van der Waals surface area contributed by atoms with Gasteiger partial charge in [-0.1, -0.05) is 24.3 Å². The van der Waals surface area contributed by atoms with Crippen LogP contribution in [-0.4, -0.2) is 24.6 Å². The number of amides is 1. The van der Waals surface area contributed by atoms with Crippen LogP contribution in [0.15, 0.2) is 42.5 Å². The summed E-state index contributed by atoms with van der Waals surface area (Å²) in [6, 6.07) is 13.0. The summed E-state index contributed by atoms with van der Waals surface area (Å²) in [5.41, 5.74) is 3.81. The van der Waals surface area contributed by atoms with Gasteiger partial charge in [-0.25, -0.2) is 4.79 Å². The molecule has 0 aromatic heterocycles. The minimum atomic E-state index is -0.796. The first-order valence-corrected chi connectivity index (χ1v) is 8.13. The summed E-state index contributed by atoms with van der Waals surface area (Å²) in [4.78, 5) is 24.0. The molecule has 1 amide bonds. The van der Waals surface area contributed by atoms with Gasteiger partial charge in [0.25, 0.3) is 5.91 Å². The molecule has 0 spiro atoms. The first-order valence-electron chi connectivity index (χ1n) is 8.13. The molecule has 1 N–H and O–H groups in total. The van der Waals surface area contributed by atoms with Crippen LogP contribution in [0.5, 0.6) is 5.75 Å². The van der Waals surface area contributed by atoms with Gasteiger partial charge in [-0.3, -0.25) is 4.79 Å². The smallest absolute Gasteiger partial charge is 0.347 e. The molecule has 0 saturated carbocycles. The van der Waals surface area contributed by atoms with Gasteiger partial charge in [0, 0.05) is 5.69 Å². The Bertz CT molecular complexity index is 770. The molecule has 25 heavy (non-hydrogen) atoms. The summed E-state index contributed by atoms with van der Waals surface area (Å²) in [5, 5.41) is 2.75. The Kier molecular flexibility index (Phi) is 6.17. The Hall–Kier alpha value is -2.82. The van der Waals surface area contributed by atoms with Crippen LogP contribution in [0.3, 0.4) is 0 Å². The van der Waals surface area contributed by atoms with Crippen LogP contribution in [0.1, 0.15) is 23.6 Å². The summed E-state index contributed by atoms with van der Waals surface area (Å²) >= 11 is 0. The topological polar surface area (TPSA) is 64.6 Å². The third-order valence-electron chi connectivity index (χ3n) is 3.86. The van der Waals surface area contributed by atoms with Crippen molar-refractivity contribution in [3.05, 3.63) is 59.2 Å². The maximum absolute atomic E-state index is 12.0. The van der Waals surface area contributed by atoms with E-state index in [0.29, 0.717) is 11.4 Å². The predicted octanol–water partition coefficient (Wildman–Crippen LogP) is 3.56. The quantitative estimate of drug-likeness (QED) is 0.816. The number of esters is 1. The Morgan fingerprint density at radius 2 is 1.80 bits per heavy atom. The van der Waals surface area contributed by atoms with E-state index < -0.39 is 12.1 Å². The Labute approximate surface area is 148 Å². The fraction of sp³-hybridized carbons (Fsp3) is 0.300. The van der Waals surface area contributed by atoms with Crippen LogP contribution in [0.4, 0.5) is 5.69 Å². The van der Waals surface area contributed by atoms with Crippen molar-refractivity contribution in [1.29, 1.82) is 0 Å². The van der Waals surface area contributed by atoms with Gasteiger partial charge >= 0.3 is 5.97 Å². The lowest BCUT2D eigenvalue weighted by Crippen LogP contribution is -2.29. The highest BCUT2D eigenvalue weighted by Crippen LogP contribution is 2.18. The summed E-state index contributed by atoms with van der Waals surface area (Å²) in [5.74, 6) is -0.383. The first-order chi connectivity index (χ1) is 11.9. The highest BCUT2D eigenvalue weighted by molar-refractivity contribution is 5.93. The van der Waals surface area contributed by atoms with Crippen LogP contribution in [0.2, 0.25) is 0 Å². The molecule has 2 rings (SSSR count). The van der Waals surface area contributed by atoms with Crippen LogP contribution >= 0.6 is 0 Å². The number of benzene rings is 2. The molecule has 5 nitrogen and oxygen atoms in total. The van der Waals surface area contributed by atoms with E-state index >= 15 is 0 Å². The normalized spacial score (nSPS) is 11.5. The molecule has 0 heterocycles. The molecule has 0 aliphatic rings. The SMILES string of the molecule is Cc1cccc(O[C@@H](C)C(=O)OCC(=O)Nc2cccc(C)c2C)c1. The van der Waals surface area contributed by atoms with E-state index in [-0.39, 0.29) is 12.5 Å². The summed E-state index contributed by atoms with van der Waals surface area (Å²) < 4.78 is 10.6. The largest absolute Gasteiger partial charge is 0.479 e. The molecule has 2 aromatic carbocycles. The second-order valence-electron chi connectivity index (χ2n) is 5.98. The van der Waals surface area contributed by atoms with Crippen molar-refractivity contribution < 1.29 is 19.1 Å². The average molecular weight is 341 g/mol. The second-order valence-corrected chi connectivity index (χ2v) is 5.98. The van der Waals surface area contributed by atoms with E-state index in [2.05, 4.69) is 5.32 Å². The molecule has 0 aliphatic carbocycles. The lowest BCUT2D eigenvalue weighted by molar-refractivity contribution is -0.153. The molecule has 0 aliphatic heterocycles. The van der Waals surface area contributed by atoms with Crippen molar-refractivity contribution >= 4 is 17.6 Å². The molecule has 0 fully saturated rings. The summed E-state index contributed by atoms with van der Waals surface area (Å²) in [6.45, 7) is 7.07. The van der Waals surface area contributed by atoms with Gasteiger partial charge in [0.1, 0.15) is 5.75 Å². The zero-order valence-electron chi connectivity index (χ0n) is 15.0. The highest BCUT2D eigenvalue weighted by atomic mass is 16.6. The molecule has 0 bridgehead atoms. The van der Waals surface area contributed by atoms with E-state index in [4.69, 9.17) is 9.47 Å². The van der Waals surface area contributed by atoms with Crippen LogP contribution in [0.25, 0.3) is 0 Å². The fourth-order valence-corrected chi connectivity index (χ4v) is 2.27. The van der Waals surface area contributed by atoms with Gasteiger partial charge in [-0.05, 0) is 62.6 Å². The van der Waals surface area contributed by atoms with Gasteiger partial charge in [-0.2, -0.15) is 0 Å². The van der Waals surface area contributed by atoms with Crippen LogP contribution in [-0.2, 0) is 14.3 Å². The van der Waals surface area contributed by atoms with Crippen molar-refractivity contribution in [2.45, 2.75) is 33.8 Å². The number of carbonyl (C=O) groups excluding carboxylic acids is 2. The maximum atomic E-state index is 12.0. The van der Waals surface area contributed by atoms with E-state index in [1.165, 1.54) is 0 Å².